The number of phenolic OH excluding ortho intramolecular Hbond substituents is 1. The quantitative estimate of drug-likeness (QED) is 0.841. The number of ether oxygens (including phenoxy) is 1. The van der Waals surface area contributed by atoms with Crippen molar-refractivity contribution in [3.05, 3.63) is 59.2 Å². The number of benzene rings is 2. The first-order valence-electron chi connectivity index (χ1n) is 10.6. The molecule has 1 spiro atoms. The summed E-state index contributed by atoms with van der Waals surface area (Å²) in [6, 6.07) is 14.0. The highest BCUT2D eigenvalue weighted by Gasteiger charge is 2.73. The Kier molecular flexibility index (Phi) is 3.52. The molecule has 2 aromatic rings. The van der Waals surface area contributed by atoms with Crippen molar-refractivity contribution < 1.29 is 19.7 Å². The highest BCUT2D eigenvalue weighted by Crippen LogP contribution is 2.64. The van der Waals surface area contributed by atoms with Crippen LogP contribution in [0.15, 0.2) is 42.5 Å². The minimum Gasteiger partial charge on any atom is -0.504 e. The van der Waals surface area contributed by atoms with Crippen molar-refractivity contribution in [3.8, 4) is 11.5 Å². The van der Waals surface area contributed by atoms with Gasteiger partial charge in [0.25, 0.3) is 0 Å². The lowest BCUT2D eigenvalue weighted by molar-refractivity contribution is -0.188. The van der Waals surface area contributed by atoms with E-state index in [2.05, 4.69) is 29.2 Å². The number of likely N-dealkylation sites (tertiary alicyclic amines) is 1. The smallest absolute Gasteiger partial charge is 0.174 e. The lowest BCUT2D eigenvalue weighted by atomic mass is 9.49. The normalized spacial score (nSPS) is 34.6. The van der Waals surface area contributed by atoms with Gasteiger partial charge < -0.3 is 14.9 Å². The van der Waals surface area contributed by atoms with Gasteiger partial charge >= 0.3 is 0 Å². The van der Waals surface area contributed by atoms with Crippen LogP contribution in [0.5, 0.6) is 11.5 Å². The number of rotatable bonds is 3. The fourth-order valence-electron chi connectivity index (χ4n) is 6.60. The molecule has 2 N–H and O–H groups in total. The molecule has 4 aliphatic rings. The number of piperidine rings is 1. The molecule has 2 aromatic carbocycles. The van der Waals surface area contributed by atoms with Gasteiger partial charge in [0, 0.05) is 24.6 Å². The van der Waals surface area contributed by atoms with E-state index in [0.717, 1.165) is 37.1 Å². The van der Waals surface area contributed by atoms with E-state index in [0.29, 0.717) is 25.0 Å². The summed E-state index contributed by atoms with van der Waals surface area (Å²) in [7, 11) is 0. The highest BCUT2D eigenvalue weighted by atomic mass is 16.5. The largest absolute Gasteiger partial charge is 0.504 e. The van der Waals surface area contributed by atoms with Crippen molar-refractivity contribution >= 4 is 5.78 Å². The molecular formula is C24H25NO4. The second-order valence-corrected chi connectivity index (χ2v) is 9.05. The Morgan fingerprint density at radius 1 is 1.14 bits per heavy atom. The Balaban J connectivity index is 1.43. The molecule has 6 rings (SSSR count). The van der Waals surface area contributed by atoms with Crippen LogP contribution in [0.3, 0.4) is 0 Å². The van der Waals surface area contributed by atoms with E-state index in [4.69, 9.17) is 4.74 Å². The minimum absolute atomic E-state index is 0.0397. The van der Waals surface area contributed by atoms with Gasteiger partial charge in [0.05, 0.1) is 11.0 Å². The predicted molar refractivity (Wildman–Crippen MR) is 107 cm³/mol. The molecule has 2 aliphatic carbocycles. The fourth-order valence-corrected chi connectivity index (χ4v) is 6.60. The van der Waals surface area contributed by atoms with Crippen molar-refractivity contribution in [1.82, 2.24) is 4.90 Å². The number of carbonyl (C=O) groups excluding carboxylic acids is 1. The van der Waals surface area contributed by atoms with E-state index in [1.54, 1.807) is 6.07 Å². The summed E-state index contributed by atoms with van der Waals surface area (Å²) in [4.78, 5) is 15.3. The van der Waals surface area contributed by atoms with Crippen LogP contribution >= 0.6 is 0 Å². The van der Waals surface area contributed by atoms with E-state index in [1.165, 1.54) is 5.56 Å². The Bertz CT molecular complexity index is 1010. The van der Waals surface area contributed by atoms with Crippen molar-refractivity contribution in [3.63, 3.8) is 0 Å². The van der Waals surface area contributed by atoms with Gasteiger partial charge in [-0.25, -0.2) is 0 Å². The van der Waals surface area contributed by atoms with E-state index in [-0.39, 0.29) is 17.6 Å². The molecule has 0 amide bonds. The molecule has 5 heteroatoms. The predicted octanol–water partition coefficient (Wildman–Crippen LogP) is 2.36. The summed E-state index contributed by atoms with van der Waals surface area (Å²) in [5, 5.41) is 22.5. The molecule has 2 heterocycles. The van der Waals surface area contributed by atoms with Gasteiger partial charge in [-0.3, -0.25) is 9.69 Å². The van der Waals surface area contributed by atoms with Crippen LogP contribution in [0.2, 0.25) is 0 Å². The highest BCUT2D eigenvalue weighted by molar-refractivity contribution is 5.90. The summed E-state index contributed by atoms with van der Waals surface area (Å²) < 4.78 is 6.07. The van der Waals surface area contributed by atoms with Gasteiger partial charge in [-0.15, -0.1) is 0 Å². The first kappa shape index (κ1) is 17.5. The lowest BCUT2D eigenvalue weighted by Gasteiger charge is -2.62. The third kappa shape index (κ3) is 2.10. The summed E-state index contributed by atoms with van der Waals surface area (Å²) in [5.74, 6) is 0.555. The number of nitrogens with zero attached hydrogens (tertiary/aromatic N) is 1. The topological polar surface area (TPSA) is 70.0 Å². The van der Waals surface area contributed by atoms with Gasteiger partial charge in [-0.1, -0.05) is 36.4 Å². The number of aliphatic hydroxyl groups is 1. The number of Topliss-reactive ketones (excluding diaryl/α,β-unsaturated/α-hetero) is 1. The number of hydrogen-bond acceptors (Lipinski definition) is 5. The van der Waals surface area contributed by atoms with Gasteiger partial charge in [-0.05, 0) is 49.4 Å². The van der Waals surface area contributed by atoms with Crippen LogP contribution in [-0.2, 0) is 23.1 Å². The zero-order valence-electron chi connectivity index (χ0n) is 16.3. The first-order chi connectivity index (χ1) is 14.0. The van der Waals surface area contributed by atoms with E-state index >= 15 is 0 Å². The summed E-state index contributed by atoms with van der Waals surface area (Å²) in [6.45, 7) is 1.70. The molecular weight excluding hydrogens is 366 g/mol. The number of carbonyl (C=O) groups is 1. The minimum atomic E-state index is -1.01. The molecule has 4 atom stereocenters. The number of aromatic hydroxyl groups is 1. The molecule has 1 saturated heterocycles. The van der Waals surface area contributed by atoms with Gasteiger partial charge in [0.1, 0.15) is 0 Å². The van der Waals surface area contributed by atoms with E-state index in [1.807, 2.05) is 12.1 Å². The van der Waals surface area contributed by atoms with Gasteiger partial charge in [0.2, 0.25) is 0 Å². The van der Waals surface area contributed by atoms with Crippen LogP contribution in [0.25, 0.3) is 0 Å². The van der Waals surface area contributed by atoms with Crippen LogP contribution in [-0.4, -0.2) is 51.7 Å². The molecule has 2 aliphatic heterocycles. The van der Waals surface area contributed by atoms with E-state index < -0.39 is 17.1 Å². The maximum atomic E-state index is 12.8. The van der Waals surface area contributed by atoms with Crippen molar-refractivity contribution in [1.29, 1.82) is 0 Å². The van der Waals surface area contributed by atoms with Crippen LogP contribution < -0.4 is 4.74 Å². The van der Waals surface area contributed by atoms with Crippen LogP contribution in [0.4, 0.5) is 0 Å². The molecule has 1 saturated carbocycles. The van der Waals surface area contributed by atoms with Crippen LogP contribution in [0, 0.1) is 0 Å². The Morgan fingerprint density at radius 2 is 1.97 bits per heavy atom. The van der Waals surface area contributed by atoms with E-state index in [9.17, 15) is 15.0 Å². The lowest BCUT2D eigenvalue weighted by Crippen LogP contribution is -2.76. The molecule has 2 fully saturated rings. The molecule has 150 valence electrons. The number of phenols is 1. The molecule has 2 bridgehead atoms. The zero-order chi connectivity index (χ0) is 19.8. The summed E-state index contributed by atoms with van der Waals surface area (Å²) >= 11 is 0. The second-order valence-electron chi connectivity index (χ2n) is 9.05. The Hall–Kier alpha value is -2.37. The van der Waals surface area contributed by atoms with Crippen molar-refractivity contribution in [2.45, 2.75) is 55.3 Å². The standard InChI is InChI=1S/C24H25NO4/c26-17-7-6-16-14-19-24(28)10-8-18(27)22-23(24,20(16)21(17)29-22)11-13-25(19)12-9-15-4-2-1-3-5-15/h1-7,19,22,26,28H,8-14H2/t19-,22+,23+,24-/m1/s1. The van der Waals surface area contributed by atoms with Crippen molar-refractivity contribution in [2.75, 3.05) is 13.1 Å². The number of hydrogen-bond donors (Lipinski definition) is 2. The third-order valence-electron chi connectivity index (χ3n) is 7.90. The third-order valence-corrected chi connectivity index (χ3v) is 7.90. The summed E-state index contributed by atoms with van der Waals surface area (Å²) in [6.07, 6.45) is 2.45. The molecule has 0 unspecified atom stereocenters. The maximum Gasteiger partial charge on any atom is 0.174 e. The monoisotopic (exact) mass is 391 g/mol. The van der Waals surface area contributed by atoms with Crippen LogP contribution in [0.1, 0.15) is 36.0 Å². The first-order valence-corrected chi connectivity index (χ1v) is 10.6. The number of ketones is 1. The summed E-state index contributed by atoms with van der Waals surface area (Å²) in [5.41, 5.74) is 1.57. The SMILES string of the molecule is O=C1CC[C@@]2(O)[C@H]3Cc4ccc(O)c5c4[C@@]2(CCN3CCc2ccccc2)[C@H]1O5. The average molecular weight is 391 g/mol. The van der Waals surface area contributed by atoms with Gasteiger partial charge in [0.15, 0.2) is 23.4 Å². The molecule has 0 radical (unpaired) electrons. The van der Waals surface area contributed by atoms with Gasteiger partial charge in [-0.2, -0.15) is 0 Å². The average Bonchev–Trinajstić information content (AvgIpc) is 3.09. The second kappa shape index (κ2) is 5.83. The molecule has 29 heavy (non-hydrogen) atoms. The Labute approximate surface area is 169 Å². The van der Waals surface area contributed by atoms with Crippen molar-refractivity contribution in [2.24, 2.45) is 0 Å². The Morgan fingerprint density at radius 3 is 2.79 bits per heavy atom. The fraction of sp³-hybridized carbons (Fsp3) is 0.458. The molecule has 5 nitrogen and oxygen atoms in total. The molecule has 0 aromatic heterocycles. The maximum absolute atomic E-state index is 12.8. The zero-order valence-corrected chi connectivity index (χ0v) is 16.3.